The predicted molar refractivity (Wildman–Crippen MR) is 84.7 cm³/mol. The molecule has 1 nitrogen and oxygen atoms in total. The molecule has 20 heavy (non-hydrogen) atoms. The van der Waals surface area contributed by atoms with Crippen molar-refractivity contribution in [1.29, 1.82) is 0 Å². The summed E-state index contributed by atoms with van der Waals surface area (Å²) in [4.78, 5) is 0. The minimum Gasteiger partial charge on any atom is -0.381 e. The van der Waals surface area contributed by atoms with E-state index in [1.165, 1.54) is 12.1 Å². The summed E-state index contributed by atoms with van der Waals surface area (Å²) in [5, 5.41) is 4.61. The summed E-state index contributed by atoms with van der Waals surface area (Å²) in [6, 6.07) is 9.90. The Labute approximate surface area is 132 Å². The first-order chi connectivity index (χ1) is 9.45. The largest absolute Gasteiger partial charge is 0.381 e. The van der Waals surface area contributed by atoms with Gasteiger partial charge in [-0.05, 0) is 43.2 Å². The highest BCUT2D eigenvalue weighted by atomic mass is 35.5. The van der Waals surface area contributed by atoms with E-state index in [0.717, 1.165) is 5.56 Å². The zero-order chi connectivity index (χ0) is 14.7. The molecule has 0 spiro atoms. The predicted octanol–water partition coefficient (Wildman–Crippen LogP) is 5.83. The van der Waals surface area contributed by atoms with Crippen molar-refractivity contribution >= 4 is 40.5 Å². The summed E-state index contributed by atoms with van der Waals surface area (Å²) in [7, 11) is 0. The third-order valence-electron chi connectivity index (χ3n) is 2.84. The Kier molecular flexibility index (Phi) is 5.14. The molecule has 0 aliphatic heterocycles. The molecule has 0 saturated heterocycles. The molecule has 0 radical (unpaired) electrons. The van der Waals surface area contributed by atoms with E-state index >= 15 is 0 Å². The van der Waals surface area contributed by atoms with Crippen LogP contribution in [0, 0.1) is 5.82 Å². The Balaban J connectivity index is 2.08. The van der Waals surface area contributed by atoms with Crippen LogP contribution in [0.15, 0.2) is 36.4 Å². The van der Waals surface area contributed by atoms with Gasteiger partial charge in [0.15, 0.2) is 0 Å². The van der Waals surface area contributed by atoms with E-state index in [1.54, 1.807) is 18.2 Å². The lowest BCUT2D eigenvalue weighted by atomic mass is 10.1. The first kappa shape index (κ1) is 15.4. The molecular formula is C15H13Cl3FN. The summed E-state index contributed by atoms with van der Waals surface area (Å²) in [5.74, 6) is -0.234. The van der Waals surface area contributed by atoms with Crippen LogP contribution in [0.2, 0.25) is 15.1 Å². The van der Waals surface area contributed by atoms with Gasteiger partial charge in [0.05, 0.1) is 20.8 Å². The lowest BCUT2D eigenvalue weighted by Crippen LogP contribution is -2.18. The highest BCUT2D eigenvalue weighted by Gasteiger charge is 2.10. The molecule has 1 unspecified atom stereocenters. The molecule has 106 valence electrons. The molecule has 2 aromatic carbocycles. The highest BCUT2D eigenvalue weighted by molar-refractivity contribution is 6.44. The Morgan fingerprint density at radius 3 is 2.45 bits per heavy atom. The van der Waals surface area contributed by atoms with E-state index < -0.39 is 0 Å². The van der Waals surface area contributed by atoms with Crippen LogP contribution in [-0.4, -0.2) is 6.04 Å². The van der Waals surface area contributed by atoms with Crippen molar-refractivity contribution in [3.63, 3.8) is 0 Å². The standard InChI is InChI=1S/C15H13Cl3FN/c1-9(5-10-3-2-4-11(19)6-10)20-15-8-13(17)12(16)7-14(15)18/h2-4,6-9,20H,5H2,1H3. The minimum atomic E-state index is -0.234. The van der Waals surface area contributed by atoms with Gasteiger partial charge < -0.3 is 5.32 Å². The van der Waals surface area contributed by atoms with Gasteiger partial charge in [-0.25, -0.2) is 4.39 Å². The summed E-state index contributed by atoms with van der Waals surface area (Å²) in [5.41, 5.74) is 1.63. The third-order valence-corrected chi connectivity index (χ3v) is 3.88. The summed E-state index contributed by atoms with van der Waals surface area (Å²) in [6.45, 7) is 1.99. The topological polar surface area (TPSA) is 12.0 Å². The first-order valence-corrected chi connectivity index (χ1v) is 7.24. The van der Waals surface area contributed by atoms with Crippen LogP contribution in [0.4, 0.5) is 10.1 Å². The Morgan fingerprint density at radius 1 is 1.05 bits per heavy atom. The van der Waals surface area contributed by atoms with E-state index in [9.17, 15) is 4.39 Å². The summed E-state index contributed by atoms with van der Waals surface area (Å²) in [6.07, 6.45) is 0.675. The van der Waals surface area contributed by atoms with Crippen molar-refractivity contribution < 1.29 is 4.39 Å². The minimum absolute atomic E-state index is 0.0755. The van der Waals surface area contributed by atoms with Gasteiger partial charge in [-0.3, -0.25) is 0 Å². The van der Waals surface area contributed by atoms with Gasteiger partial charge in [-0.2, -0.15) is 0 Å². The summed E-state index contributed by atoms with van der Waals surface area (Å²) < 4.78 is 13.1. The third kappa shape index (κ3) is 4.02. The Bertz CT molecular complexity index is 616. The van der Waals surface area contributed by atoms with E-state index in [2.05, 4.69) is 5.32 Å². The number of hydrogen-bond donors (Lipinski definition) is 1. The lowest BCUT2D eigenvalue weighted by molar-refractivity contribution is 0.624. The number of nitrogens with one attached hydrogen (secondary N) is 1. The van der Waals surface area contributed by atoms with Crippen molar-refractivity contribution in [2.75, 3.05) is 5.32 Å². The smallest absolute Gasteiger partial charge is 0.123 e. The van der Waals surface area contributed by atoms with Crippen LogP contribution in [0.25, 0.3) is 0 Å². The molecule has 1 atom stereocenters. The molecule has 0 aliphatic carbocycles. The zero-order valence-electron chi connectivity index (χ0n) is 10.8. The number of benzene rings is 2. The average molecular weight is 333 g/mol. The zero-order valence-corrected chi connectivity index (χ0v) is 13.0. The fourth-order valence-electron chi connectivity index (χ4n) is 1.97. The van der Waals surface area contributed by atoms with Gasteiger partial charge in [0, 0.05) is 6.04 Å². The quantitative estimate of drug-likeness (QED) is 0.695. The Morgan fingerprint density at radius 2 is 1.75 bits per heavy atom. The maximum Gasteiger partial charge on any atom is 0.123 e. The lowest BCUT2D eigenvalue weighted by Gasteiger charge is -2.17. The van der Waals surface area contributed by atoms with Crippen LogP contribution in [-0.2, 0) is 6.42 Å². The second-order valence-electron chi connectivity index (χ2n) is 4.63. The average Bonchev–Trinajstić information content (AvgIpc) is 2.36. The molecular weight excluding hydrogens is 320 g/mol. The van der Waals surface area contributed by atoms with Crippen LogP contribution < -0.4 is 5.32 Å². The molecule has 0 bridgehead atoms. The van der Waals surface area contributed by atoms with Gasteiger partial charge in [-0.15, -0.1) is 0 Å². The molecule has 0 amide bonds. The molecule has 0 fully saturated rings. The molecule has 2 aromatic rings. The molecule has 1 N–H and O–H groups in total. The van der Waals surface area contributed by atoms with Gasteiger partial charge in [0.1, 0.15) is 5.82 Å². The van der Waals surface area contributed by atoms with Crippen molar-refractivity contribution in [2.24, 2.45) is 0 Å². The number of hydrogen-bond acceptors (Lipinski definition) is 1. The van der Waals surface area contributed by atoms with Crippen molar-refractivity contribution in [3.05, 3.63) is 62.8 Å². The van der Waals surface area contributed by atoms with Gasteiger partial charge in [-0.1, -0.05) is 46.9 Å². The van der Waals surface area contributed by atoms with Crippen molar-refractivity contribution in [2.45, 2.75) is 19.4 Å². The summed E-state index contributed by atoms with van der Waals surface area (Å²) >= 11 is 18.0. The number of rotatable bonds is 4. The Hall–Kier alpha value is -0.960. The molecule has 2 rings (SSSR count). The van der Waals surface area contributed by atoms with Crippen LogP contribution in [0.5, 0.6) is 0 Å². The monoisotopic (exact) mass is 331 g/mol. The van der Waals surface area contributed by atoms with Gasteiger partial charge >= 0.3 is 0 Å². The highest BCUT2D eigenvalue weighted by Crippen LogP contribution is 2.32. The molecule has 0 saturated carbocycles. The van der Waals surface area contributed by atoms with Gasteiger partial charge in [0.25, 0.3) is 0 Å². The number of halogens is 4. The molecule has 0 aromatic heterocycles. The van der Waals surface area contributed by atoms with E-state index in [-0.39, 0.29) is 11.9 Å². The second kappa shape index (κ2) is 6.66. The SMILES string of the molecule is CC(Cc1cccc(F)c1)Nc1cc(Cl)c(Cl)cc1Cl. The number of anilines is 1. The molecule has 0 heterocycles. The van der Waals surface area contributed by atoms with Crippen LogP contribution in [0.3, 0.4) is 0 Å². The fraction of sp³-hybridized carbons (Fsp3) is 0.200. The van der Waals surface area contributed by atoms with Crippen molar-refractivity contribution in [1.82, 2.24) is 0 Å². The molecule has 0 aliphatic rings. The van der Waals surface area contributed by atoms with Gasteiger partial charge in [0.2, 0.25) is 0 Å². The first-order valence-electron chi connectivity index (χ1n) is 6.11. The maximum atomic E-state index is 13.1. The van der Waals surface area contributed by atoms with Crippen LogP contribution in [0.1, 0.15) is 12.5 Å². The molecule has 5 heteroatoms. The van der Waals surface area contributed by atoms with E-state index in [1.807, 2.05) is 13.0 Å². The maximum absolute atomic E-state index is 13.1. The van der Waals surface area contributed by atoms with Crippen molar-refractivity contribution in [3.8, 4) is 0 Å². The fourth-order valence-corrected chi connectivity index (χ4v) is 2.57. The van der Waals surface area contributed by atoms with E-state index in [0.29, 0.717) is 27.2 Å². The van der Waals surface area contributed by atoms with E-state index in [4.69, 9.17) is 34.8 Å². The second-order valence-corrected chi connectivity index (χ2v) is 5.85. The van der Waals surface area contributed by atoms with Crippen LogP contribution >= 0.6 is 34.8 Å². The normalized spacial score (nSPS) is 12.2.